The first kappa shape index (κ1) is 21.3. The van der Waals surface area contributed by atoms with Crippen LogP contribution in [0.4, 0.5) is 0 Å². The molecular formula is C19H29N3O4S2. The van der Waals surface area contributed by atoms with Crippen LogP contribution in [0.25, 0.3) is 0 Å². The number of sulfonamides is 1. The Kier molecular flexibility index (Phi) is 7.11. The Morgan fingerprint density at radius 2 is 1.75 bits per heavy atom. The Bertz CT molecular complexity index is 790. The van der Waals surface area contributed by atoms with Crippen LogP contribution in [0.15, 0.2) is 15.7 Å². The maximum absolute atomic E-state index is 13.0. The third kappa shape index (κ3) is 4.75. The van der Waals surface area contributed by atoms with Crippen LogP contribution in [-0.4, -0.2) is 62.2 Å². The Morgan fingerprint density at radius 3 is 2.36 bits per heavy atom. The number of thiophene rings is 1. The first-order chi connectivity index (χ1) is 13.4. The Balaban J connectivity index is 1.65. The number of nitrogens with zero attached hydrogens (tertiary/aromatic N) is 2. The van der Waals surface area contributed by atoms with Crippen molar-refractivity contribution < 1.29 is 18.0 Å². The highest BCUT2D eigenvalue weighted by Gasteiger charge is 2.33. The van der Waals surface area contributed by atoms with Gasteiger partial charge in [-0.2, -0.15) is 4.31 Å². The third-order valence-electron chi connectivity index (χ3n) is 5.49. The lowest BCUT2D eigenvalue weighted by Gasteiger charge is -2.30. The monoisotopic (exact) mass is 427 g/mol. The molecule has 0 aliphatic carbocycles. The van der Waals surface area contributed by atoms with Crippen molar-refractivity contribution in [2.24, 2.45) is 5.92 Å². The van der Waals surface area contributed by atoms with Crippen molar-refractivity contribution in [3.05, 3.63) is 17.0 Å². The molecule has 2 fully saturated rings. The number of likely N-dealkylation sites (tertiary alicyclic amines) is 1. The van der Waals surface area contributed by atoms with Gasteiger partial charge in [-0.3, -0.25) is 9.59 Å². The molecule has 0 aromatic carbocycles. The van der Waals surface area contributed by atoms with Crippen molar-refractivity contribution in [3.8, 4) is 0 Å². The van der Waals surface area contributed by atoms with Crippen molar-refractivity contribution in [2.75, 3.05) is 32.7 Å². The molecule has 3 rings (SSSR count). The van der Waals surface area contributed by atoms with E-state index in [4.69, 9.17) is 0 Å². The smallest absolute Gasteiger partial charge is 0.254 e. The van der Waals surface area contributed by atoms with Gasteiger partial charge in [0.05, 0.1) is 5.56 Å². The van der Waals surface area contributed by atoms with Crippen LogP contribution in [0.2, 0.25) is 0 Å². The fourth-order valence-corrected chi connectivity index (χ4v) is 6.60. The second-order valence-corrected chi connectivity index (χ2v) is 10.5. The van der Waals surface area contributed by atoms with Crippen LogP contribution in [0.3, 0.4) is 0 Å². The maximum atomic E-state index is 13.0. The van der Waals surface area contributed by atoms with E-state index >= 15 is 0 Å². The molecular weight excluding hydrogens is 398 g/mol. The second-order valence-electron chi connectivity index (χ2n) is 7.43. The molecule has 0 atom stereocenters. The fourth-order valence-electron chi connectivity index (χ4n) is 3.82. The van der Waals surface area contributed by atoms with Crippen LogP contribution < -0.4 is 5.32 Å². The highest BCUT2D eigenvalue weighted by Crippen LogP contribution is 2.29. The molecule has 0 bridgehead atoms. The zero-order chi connectivity index (χ0) is 20.1. The molecule has 9 heteroatoms. The number of hydrogen-bond acceptors (Lipinski definition) is 5. The first-order valence-corrected chi connectivity index (χ1v) is 12.4. The fraction of sp³-hybridized carbons (Fsp3) is 0.684. The molecule has 0 spiro atoms. The van der Waals surface area contributed by atoms with E-state index in [1.807, 2.05) is 11.8 Å². The molecule has 3 heterocycles. The molecule has 1 aromatic rings. The SMILES string of the molecule is CCNC(=O)C1CCN(S(=O)(=O)c2cc(C(=O)N3CCCCCC3)cs2)CC1. The number of nitrogens with one attached hydrogen (secondary N) is 1. The van der Waals surface area contributed by atoms with Crippen molar-refractivity contribution in [2.45, 2.75) is 49.7 Å². The molecule has 2 aliphatic heterocycles. The molecule has 28 heavy (non-hydrogen) atoms. The summed E-state index contributed by atoms with van der Waals surface area (Å²) in [4.78, 5) is 26.5. The summed E-state index contributed by atoms with van der Waals surface area (Å²) in [6.45, 7) is 4.60. The summed E-state index contributed by atoms with van der Waals surface area (Å²) in [6, 6.07) is 1.52. The number of hydrogen-bond donors (Lipinski definition) is 1. The van der Waals surface area contributed by atoms with E-state index in [9.17, 15) is 18.0 Å². The maximum Gasteiger partial charge on any atom is 0.254 e. The molecule has 156 valence electrons. The number of carbonyl (C=O) groups excluding carboxylic acids is 2. The van der Waals surface area contributed by atoms with Gasteiger partial charge in [0.25, 0.3) is 15.9 Å². The van der Waals surface area contributed by atoms with Gasteiger partial charge in [-0.25, -0.2) is 8.42 Å². The average Bonchev–Trinajstić information content (AvgIpc) is 3.05. The van der Waals surface area contributed by atoms with Gasteiger partial charge in [-0.1, -0.05) is 12.8 Å². The Labute approximate surface area is 171 Å². The number of rotatable bonds is 5. The van der Waals surface area contributed by atoms with Crippen LogP contribution in [-0.2, 0) is 14.8 Å². The van der Waals surface area contributed by atoms with Crippen molar-refractivity contribution in [1.82, 2.24) is 14.5 Å². The normalized spacial score (nSPS) is 20.0. The average molecular weight is 428 g/mol. The van der Waals surface area contributed by atoms with E-state index in [0.717, 1.165) is 50.1 Å². The molecule has 1 N–H and O–H groups in total. The van der Waals surface area contributed by atoms with Gasteiger partial charge < -0.3 is 10.2 Å². The predicted molar refractivity (Wildman–Crippen MR) is 109 cm³/mol. The second kappa shape index (κ2) is 9.37. The minimum atomic E-state index is -3.62. The largest absolute Gasteiger partial charge is 0.356 e. The standard InChI is InChI=1S/C19H29N3O4S2/c1-2-20-18(23)15-7-11-22(12-8-15)28(25,26)17-13-16(14-27-17)19(24)21-9-5-3-4-6-10-21/h13-15H,2-12H2,1H3,(H,20,23). The summed E-state index contributed by atoms with van der Waals surface area (Å²) in [6.07, 6.45) is 5.33. The van der Waals surface area contributed by atoms with Crippen molar-refractivity contribution in [1.29, 1.82) is 0 Å². The highest BCUT2D eigenvalue weighted by molar-refractivity contribution is 7.91. The number of amides is 2. The van der Waals surface area contributed by atoms with Gasteiger partial charge in [-0.15, -0.1) is 11.3 Å². The van der Waals surface area contributed by atoms with E-state index in [2.05, 4.69) is 5.32 Å². The van der Waals surface area contributed by atoms with E-state index in [1.165, 1.54) is 10.4 Å². The van der Waals surface area contributed by atoms with E-state index in [-0.39, 0.29) is 21.9 Å². The lowest BCUT2D eigenvalue weighted by atomic mass is 9.97. The summed E-state index contributed by atoms with van der Waals surface area (Å²) < 4.78 is 27.6. The van der Waals surface area contributed by atoms with E-state index < -0.39 is 10.0 Å². The molecule has 1 aromatic heterocycles. The predicted octanol–water partition coefficient (Wildman–Crippen LogP) is 2.30. The molecule has 0 radical (unpaired) electrons. The zero-order valence-electron chi connectivity index (χ0n) is 16.4. The lowest BCUT2D eigenvalue weighted by Crippen LogP contribution is -2.42. The van der Waals surface area contributed by atoms with E-state index in [1.54, 1.807) is 5.38 Å². The molecule has 7 nitrogen and oxygen atoms in total. The third-order valence-corrected chi connectivity index (χ3v) is 8.80. The van der Waals surface area contributed by atoms with Gasteiger partial charge in [0, 0.05) is 44.0 Å². The quantitative estimate of drug-likeness (QED) is 0.781. The van der Waals surface area contributed by atoms with Gasteiger partial charge in [0.15, 0.2) is 0 Å². The van der Waals surface area contributed by atoms with Crippen molar-refractivity contribution in [3.63, 3.8) is 0 Å². The highest BCUT2D eigenvalue weighted by atomic mass is 32.2. The van der Waals surface area contributed by atoms with Crippen molar-refractivity contribution >= 4 is 33.2 Å². The summed E-state index contributed by atoms with van der Waals surface area (Å²) in [7, 11) is -3.62. The van der Waals surface area contributed by atoms with Crippen LogP contribution in [0.1, 0.15) is 55.8 Å². The minimum Gasteiger partial charge on any atom is -0.356 e. The number of carbonyl (C=O) groups is 2. The first-order valence-electron chi connectivity index (χ1n) is 10.1. The molecule has 2 aliphatic rings. The molecule has 0 unspecified atom stereocenters. The summed E-state index contributed by atoms with van der Waals surface area (Å²) >= 11 is 1.11. The topological polar surface area (TPSA) is 86.8 Å². The minimum absolute atomic E-state index is 0.000930. The van der Waals surface area contributed by atoms with Crippen LogP contribution in [0.5, 0.6) is 0 Å². The number of piperidine rings is 1. The molecule has 2 amide bonds. The molecule has 0 saturated carbocycles. The summed E-state index contributed by atoms with van der Waals surface area (Å²) in [5.41, 5.74) is 0.461. The van der Waals surface area contributed by atoms with Gasteiger partial charge in [-0.05, 0) is 38.7 Å². The molecule has 2 saturated heterocycles. The van der Waals surface area contributed by atoms with Gasteiger partial charge in [0.1, 0.15) is 4.21 Å². The Hall–Kier alpha value is -1.45. The lowest BCUT2D eigenvalue weighted by molar-refractivity contribution is -0.126. The van der Waals surface area contributed by atoms with E-state index in [0.29, 0.717) is 38.0 Å². The van der Waals surface area contributed by atoms with Gasteiger partial charge >= 0.3 is 0 Å². The Morgan fingerprint density at radius 1 is 1.11 bits per heavy atom. The van der Waals surface area contributed by atoms with Crippen LogP contribution >= 0.6 is 11.3 Å². The zero-order valence-corrected chi connectivity index (χ0v) is 18.0. The summed E-state index contributed by atoms with van der Waals surface area (Å²) in [5, 5.41) is 4.46. The van der Waals surface area contributed by atoms with Crippen LogP contribution in [0, 0.1) is 5.92 Å². The summed E-state index contributed by atoms with van der Waals surface area (Å²) in [5.74, 6) is -0.203. The van der Waals surface area contributed by atoms with Gasteiger partial charge in [0.2, 0.25) is 5.91 Å².